The number of fused-ring (bicyclic) bond motifs is 2. The number of aromatic nitrogens is 1. The van der Waals surface area contributed by atoms with Crippen LogP contribution in [-0.2, 0) is 6.54 Å². The number of nitrogens with zero attached hydrogens (tertiary/aromatic N) is 3. The fraction of sp³-hybridized carbons (Fsp3) is 0.556. The quantitative estimate of drug-likeness (QED) is 0.605. The van der Waals surface area contributed by atoms with E-state index in [4.69, 9.17) is 11.6 Å². The molecule has 186 valence electrons. The third-order valence-electron chi connectivity index (χ3n) is 8.57. The van der Waals surface area contributed by atoms with E-state index >= 15 is 0 Å². The molecule has 4 fully saturated rings. The number of pyridine rings is 1. The van der Waals surface area contributed by atoms with Crippen LogP contribution in [-0.4, -0.2) is 58.6 Å². The molecule has 1 aromatic heterocycles. The Bertz CT molecular complexity index is 1080. The summed E-state index contributed by atoms with van der Waals surface area (Å²) in [6, 6.07) is 13.7. The number of aryl methyl sites for hydroxylation is 1. The number of nitrogens with one attached hydrogen (secondary N) is 3. The van der Waals surface area contributed by atoms with Gasteiger partial charge in [-0.3, -0.25) is 15.3 Å². The molecule has 3 aliphatic heterocycles. The molecule has 1 aliphatic carbocycles. The summed E-state index contributed by atoms with van der Waals surface area (Å²) in [6.07, 6.45) is 6.16. The molecule has 4 heterocycles. The van der Waals surface area contributed by atoms with E-state index in [9.17, 15) is 4.79 Å². The lowest BCUT2D eigenvalue weighted by atomic mass is 9.71. The first-order chi connectivity index (χ1) is 17.0. The first kappa shape index (κ1) is 23.2. The van der Waals surface area contributed by atoms with Crippen molar-refractivity contribution in [3.05, 3.63) is 64.4 Å². The van der Waals surface area contributed by atoms with E-state index in [1.165, 1.54) is 5.56 Å². The van der Waals surface area contributed by atoms with Crippen molar-refractivity contribution >= 4 is 17.6 Å². The number of halogens is 1. The van der Waals surface area contributed by atoms with Gasteiger partial charge in [0, 0.05) is 54.7 Å². The number of carbonyl (C=O) groups is 1. The average molecular weight is 495 g/mol. The van der Waals surface area contributed by atoms with E-state index in [0.29, 0.717) is 17.9 Å². The normalized spacial score (nSPS) is 33.2. The van der Waals surface area contributed by atoms with Crippen molar-refractivity contribution in [3.63, 3.8) is 0 Å². The Hall–Kier alpha value is -2.19. The summed E-state index contributed by atoms with van der Waals surface area (Å²) in [7, 11) is 0. The van der Waals surface area contributed by atoms with Gasteiger partial charge in [0.15, 0.2) is 0 Å². The molecule has 6 rings (SSSR count). The number of rotatable bonds is 4. The molecule has 3 N–H and O–H groups in total. The van der Waals surface area contributed by atoms with Crippen LogP contribution in [0.2, 0.25) is 5.02 Å². The van der Waals surface area contributed by atoms with E-state index in [2.05, 4.69) is 49.2 Å². The lowest BCUT2D eigenvalue weighted by Crippen LogP contribution is -2.64. The molecule has 2 aromatic rings. The maximum Gasteiger partial charge on any atom is 0.317 e. The Morgan fingerprint density at radius 1 is 1.11 bits per heavy atom. The third kappa shape index (κ3) is 4.67. The highest BCUT2D eigenvalue weighted by Gasteiger charge is 2.48. The minimum atomic E-state index is 0.113. The Balaban J connectivity index is 1.13. The van der Waals surface area contributed by atoms with Crippen LogP contribution in [0, 0.1) is 18.8 Å². The van der Waals surface area contributed by atoms with Gasteiger partial charge in [-0.05, 0) is 80.3 Å². The molecule has 3 saturated heterocycles. The molecule has 5 unspecified atom stereocenters. The molecule has 0 spiro atoms. The van der Waals surface area contributed by atoms with Gasteiger partial charge in [0.05, 0.1) is 6.04 Å². The van der Waals surface area contributed by atoms with Crippen LogP contribution < -0.4 is 16.2 Å². The molecule has 6 atom stereocenters. The van der Waals surface area contributed by atoms with E-state index < -0.39 is 0 Å². The summed E-state index contributed by atoms with van der Waals surface area (Å²) >= 11 is 6.42. The summed E-state index contributed by atoms with van der Waals surface area (Å²) < 4.78 is 0. The standard InChI is InChI=1S/C27H35ClN6O/c1-17-11-18(8-9-29-17)26-22-12-20-15-34(27(35)30-24(20)13-25(22)31-32-26)21-6-4-10-33(16-21)14-19-5-2-3-7-23(19)28/h2-3,5,7-9,11,20-22,24-26,31-32H,4,6,10,12-16H2,1H3,(H,30,35)/t20?,21-,22?,24?,25?,26?/m1/s1. The second-order valence-electron chi connectivity index (χ2n) is 10.8. The number of piperidine rings is 1. The SMILES string of the molecule is Cc1cc(C2NNC3CC4NC(=O)N([C@@H]5CCCN(Cc6ccccc6Cl)C5)CC4CC32)ccn1. The molecule has 35 heavy (non-hydrogen) atoms. The van der Waals surface area contributed by atoms with Gasteiger partial charge in [0.25, 0.3) is 0 Å². The number of likely N-dealkylation sites (tertiary alicyclic amines) is 1. The Labute approximate surface area is 212 Å². The van der Waals surface area contributed by atoms with Crippen LogP contribution in [0.3, 0.4) is 0 Å². The molecule has 2 amide bonds. The van der Waals surface area contributed by atoms with Gasteiger partial charge in [-0.2, -0.15) is 0 Å². The number of benzene rings is 1. The third-order valence-corrected chi connectivity index (χ3v) is 8.94. The number of hydrogen-bond donors (Lipinski definition) is 3. The summed E-state index contributed by atoms with van der Waals surface area (Å²) in [6.45, 7) is 5.70. The van der Waals surface area contributed by atoms with Crippen LogP contribution in [0.25, 0.3) is 0 Å². The molecule has 1 aromatic carbocycles. The first-order valence-corrected chi connectivity index (χ1v) is 13.4. The van der Waals surface area contributed by atoms with Gasteiger partial charge in [-0.25, -0.2) is 10.2 Å². The summed E-state index contributed by atoms with van der Waals surface area (Å²) in [4.78, 5) is 22.2. The summed E-state index contributed by atoms with van der Waals surface area (Å²) in [5.41, 5.74) is 10.6. The highest BCUT2D eigenvalue weighted by molar-refractivity contribution is 6.31. The van der Waals surface area contributed by atoms with E-state index in [0.717, 1.165) is 68.1 Å². The zero-order chi connectivity index (χ0) is 23.9. The summed E-state index contributed by atoms with van der Waals surface area (Å²) in [5.74, 6) is 0.984. The molecule has 4 aliphatic rings. The second kappa shape index (κ2) is 9.69. The van der Waals surface area contributed by atoms with Crippen LogP contribution in [0.1, 0.15) is 48.5 Å². The van der Waals surface area contributed by atoms with E-state index in [1.807, 2.05) is 31.3 Å². The van der Waals surface area contributed by atoms with Crippen molar-refractivity contribution in [1.29, 1.82) is 0 Å². The van der Waals surface area contributed by atoms with Crippen molar-refractivity contribution < 1.29 is 4.79 Å². The predicted molar refractivity (Wildman–Crippen MR) is 137 cm³/mol. The van der Waals surface area contributed by atoms with Crippen LogP contribution in [0.5, 0.6) is 0 Å². The number of hydrazine groups is 1. The smallest absolute Gasteiger partial charge is 0.317 e. The van der Waals surface area contributed by atoms with Gasteiger partial charge in [0.2, 0.25) is 0 Å². The minimum Gasteiger partial charge on any atom is -0.335 e. The first-order valence-electron chi connectivity index (χ1n) is 13.0. The zero-order valence-corrected chi connectivity index (χ0v) is 21.0. The number of urea groups is 1. The number of carbonyl (C=O) groups excluding carboxylic acids is 1. The van der Waals surface area contributed by atoms with Crippen molar-refractivity contribution in [1.82, 2.24) is 31.0 Å². The average Bonchev–Trinajstić information content (AvgIpc) is 3.26. The molecular weight excluding hydrogens is 460 g/mol. The largest absolute Gasteiger partial charge is 0.335 e. The fourth-order valence-electron chi connectivity index (χ4n) is 6.82. The molecule has 7 nitrogen and oxygen atoms in total. The van der Waals surface area contributed by atoms with Crippen LogP contribution >= 0.6 is 11.6 Å². The fourth-order valence-corrected chi connectivity index (χ4v) is 7.01. The van der Waals surface area contributed by atoms with Crippen molar-refractivity contribution in [2.75, 3.05) is 19.6 Å². The lowest BCUT2D eigenvalue weighted by molar-refractivity contribution is 0.0523. The van der Waals surface area contributed by atoms with Gasteiger partial charge in [0.1, 0.15) is 0 Å². The van der Waals surface area contributed by atoms with Crippen LogP contribution in [0.4, 0.5) is 4.79 Å². The minimum absolute atomic E-state index is 0.113. The molecule has 1 saturated carbocycles. The number of hydrogen-bond acceptors (Lipinski definition) is 5. The van der Waals surface area contributed by atoms with Gasteiger partial charge < -0.3 is 10.2 Å². The van der Waals surface area contributed by atoms with Crippen molar-refractivity contribution in [3.8, 4) is 0 Å². The maximum atomic E-state index is 13.2. The van der Waals surface area contributed by atoms with Crippen LogP contribution in [0.15, 0.2) is 42.6 Å². The monoisotopic (exact) mass is 494 g/mol. The topological polar surface area (TPSA) is 72.5 Å². The van der Waals surface area contributed by atoms with Crippen molar-refractivity contribution in [2.24, 2.45) is 11.8 Å². The molecule has 0 bridgehead atoms. The molecular formula is C27H35ClN6O. The molecule has 8 heteroatoms. The second-order valence-corrected chi connectivity index (χ2v) is 11.2. The number of amides is 2. The van der Waals surface area contributed by atoms with Gasteiger partial charge in [-0.1, -0.05) is 29.8 Å². The predicted octanol–water partition coefficient (Wildman–Crippen LogP) is 3.65. The van der Waals surface area contributed by atoms with Gasteiger partial charge >= 0.3 is 6.03 Å². The molecule has 0 radical (unpaired) electrons. The highest BCUT2D eigenvalue weighted by atomic mass is 35.5. The summed E-state index contributed by atoms with van der Waals surface area (Å²) in [5, 5.41) is 4.21. The van der Waals surface area contributed by atoms with E-state index in [1.54, 1.807) is 0 Å². The zero-order valence-electron chi connectivity index (χ0n) is 20.3. The van der Waals surface area contributed by atoms with E-state index in [-0.39, 0.29) is 24.2 Å². The lowest BCUT2D eigenvalue weighted by Gasteiger charge is -2.49. The Kier molecular flexibility index (Phi) is 6.43. The maximum absolute atomic E-state index is 13.2. The highest BCUT2D eigenvalue weighted by Crippen LogP contribution is 2.42. The Morgan fingerprint density at radius 3 is 2.86 bits per heavy atom. The van der Waals surface area contributed by atoms with Gasteiger partial charge in [-0.15, -0.1) is 0 Å². The van der Waals surface area contributed by atoms with Crippen molar-refractivity contribution in [2.45, 2.75) is 63.3 Å². The Morgan fingerprint density at radius 2 is 2.00 bits per heavy atom.